The summed E-state index contributed by atoms with van der Waals surface area (Å²) in [6.07, 6.45) is -1.84. The average Bonchev–Trinajstić information content (AvgIpc) is 2.09. The van der Waals surface area contributed by atoms with Crippen molar-refractivity contribution in [2.24, 2.45) is 10.8 Å². The highest BCUT2D eigenvalue weighted by molar-refractivity contribution is 5.89. The Kier molecular flexibility index (Phi) is 3.18. The van der Waals surface area contributed by atoms with Crippen LogP contribution in [0.15, 0.2) is 0 Å². The van der Waals surface area contributed by atoms with Crippen LogP contribution in [0.4, 0.5) is 8.78 Å². The number of alkyl halides is 2. The van der Waals surface area contributed by atoms with Gasteiger partial charge in [-0.15, -0.1) is 0 Å². The Bertz CT molecular complexity index is 294. The summed E-state index contributed by atoms with van der Waals surface area (Å²) in [5, 5.41) is 9.84. The van der Waals surface area contributed by atoms with E-state index in [4.69, 9.17) is 0 Å². The average molecular weight is 234 g/mol. The fourth-order valence-electron chi connectivity index (χ4n) is 2.50. The van der Waals surface area contributed by atoms with Crippen molar-refractivity contribution >= 4 is 5.78 Å². The lowest BCUT2D eigenvalue weighted by atomic mass is 9.63. The molecule has 0 bridgehead atoms. The third-order valence-electron chi connectivity index (χ3n) is 3.34. The van der Waals surface area contributed by atoms with Crippen molar-refractivity contribution in [3.8, 4) is 0 Å². The smallest absolute Gasteiger partial charge is 0.249 e. The van der Waals surface area contributed by atoms with E-state index in [-0.39, 0.29) is 18.6 Å². The standard InChI is InChI=1S/C12H20F2O2/c1-10(2,3)9(16)11(4)7-12(13,14)6-5-8(11)15/h8,15H,5-7H2,1-4H3/t8-,11+/m1/s1. The molecule has 1 aliphatic rings. The van der Waals surface area contributed by atoms with E-state index in [9.17, 15) is 18.7 Å². The fourth-order valence-corrected chi connectivity index (χ4v) is 2.50. The van der Waals surface area contributed by atoms with Crippen LogP contribution in [-0.2, 0) is 4.79 Å². The highest BCUT2D eigenvalue weighted by Gasteiger charge is 2.54. The van der Waals surface area contributed by atoms with E-state index >= 15 is 0 Å². The summed E-state index contributed by atoms with van der Waals surface area (Å²) < 4.78 is 26.7. The van der Waals surface area contributed by atoms with Gasteiger partial charge in [-0.2, -0.15) is 0 Å². The first-order chi connectivity index (χ1) is 6.99. The minimum atomic E-state index is -2.84. The van der Waals surface area contributed by atoms with Crippen molar-refractivity contribution in [2.75, 3.05) is 0 Å². The molecule has 0 heterocycles. The van der Waals surface area contributed by atoms with Crippen LogP contribution in [0.25, 0.3) is 0 Å². The summed E-state index contributed by atoms with van der Waals surface area (Å²) in [4.78, 5) is 12.1. The van der Waals surface area contributed by atoms with Gasteiger partial charge in [0.1, 0.15) is 5.78 Å². The summed E-state index contributed by atoms with van der Waals surface area (Å²) in [5.41, 5.74) is -2.02. The molecule has 0 aromatic rings. The van der Waals surface area contributed by atoms with Crippen LogP contribution in [0, 0.1) is 10.8 Å². The quantitative estimate of drug-likeness (QED) is 0.757. The summed E-state index contributed by atoms with van der Waals surface area (Å²) in [6.45, 7) is 6.54. The molecule has 0 radical (unpaired) electrons. The maximum Gasteiger partial charge on any atom is 0.249 e. The Morgan fingerprint density at radius 3 is 2.31 bits per heavy atom. The van der Waals surface area contributed by atoms with Crippen molar-refractivity contribution < 1.29 is 18.7 Å². The molecule has 0 aromatic heterocycles. The van der Waals surface area contributed by atoms with Crippen molar-refractivity contribution in [2.45, 2.75) is 59.0 Å². The van der Waals surface area contributed by atoms with Crippen molar-refractivity contribution in [3.05, 3.63) is 0 Å². The molecule has 1 aliphatic carbocycles. The zero-order chi connectivity index (χ0) is 12.8. The summed E-state index contributed by atoms with van der Waals surface area (Å²) >= 11 is 0. The zero-order valence-electron chi connectivity index (χ0n) is 10.3. The summed E-state index contributed by atoms with van der Waals surface area (Å²) in [5.74, 6) is -3.12. The molecule has 1 fully saturated rings. The molecule has 0 saturated heterocycles. The van der Waals surface area contributed by atoms with E-state index in [1.165, 1.54) is 6.92 Å². The second-order valence-electron chi connectivity index (χ2n) is 6.08. The normalized spacial score (nSPS) is 34.8. The molecule has 0 aromatic carbocycles. The van der Waals surface area contributed by atoms with Gasteiger partial charge in [-0.1, -0.05) is 20.8 Å². The summed E-state index contributed by atoms with van der Waals surface area (Å²) in [7, 11) is 0. The van der Waals surface area contributed by atoms with Crippen LogP contribution in [0.5, 0.6) is 0 Å². The van der Waals surface area contributed by atoms with Gasteiger partial charge in [0.2, 0.25) is 5.92 Å². The molecule has 94 valence electrons. The molecule has 2 nitrogen and oxygen atoms in total. The zero-order valence-corrected chi connectivity index (χ0v) is 10.3. The third-order valence-corrected chi connectivity index (χ3v) is 3.34. The van der Waals surface area contributed by atoms with Gasteiger partial charge in [-0.3, -0.25) is 4.79 Å². The van der Waals surface area contributed by atoms with Gasteiger partial charge in [-0.25, -0.2) is 8.78 Å². The molecule has 2 atom stereocenters. The number of Topliss-reactive ketones (excluding diaryl/α,β-unsaturated/α-hetero) is 1. The maximum absolute atomic E-state index is 13.4. The van der Waals surface area contributed by atoms with E-state index in [1.54, 1.807) is 20.8 Å². The van der Waals surface area contributed by atoms with Gasteiger partial charge in [0.25, 0.3) is 0 Å². The Morgan fingerprint density at radius 1 is 1.38 bits per heavy atom. The van der Waals surface area contributed by atoms with E-state index < -0.39 is 29.3 Å². The largest absolute Gasteiger partial charge is 0.392 e. The highest BCUT2D eigenvalue weighted by atomic mass is 19.3. The molecule has 0 amide bonds. The second-order valence-corrected chi connectivity index (χ2v) is 6.08. The number of carbonyl (C=O) groups excluding carboxylic acids is 1. The van der Waals surface area contributed by atoms with Gasteiger partial charge in [0.05, 0.1) is 11.5 Å². The fraction of sp³-hybridized carbons (Fsp3) is 0.917. The minimum Gasteiger partial charge on any atom is -0.392 e. The Balaban J connectivity index is 3.01. The lowest BCUT2D eigenvalue weighted by molar-refractivity contribution is -0.165. The Hall–Kier alpha value is -0.510. The number of hydrogen-bond donors (Lipinski definition) is 1. The van der Waals surface area contributed by atoms with Crippen LogP contribution in [0.2, 0.25) is 0 Å². The number of hydrogen-bond acceptors (Lipinski definition) is 2. The molecule has 0 unspecified atom stereocenters. The molecule has 1 saturated carbocycles. The van der Waals surface area contributed by atoms with Crippen LogP contribution < -0.4 is 0 Å². The predicted molar refractivity (Wildman–Crippen MR) is 57.4 cm³/mol. The molecule has 1 N–H and O–H groups in total. The number of halogens is 2. The van der Waals surface area contributed by atoms with E-state index in [2.05, 4.69) is 0 Å². The van der Waals surface area contributed by atoms with Crippen LogP contribution in [0.3, 0.4) is 0 Å². The van der Waals surface area contributed by atoms with Crippen LogP contribution in [-0.4, -0.2) is 22.9 Å². The van der Waals surface area contributed by atoms with Crippen molar-refractivity contribution in [1.29, 1.82) is 0 Å². The van der Waals surface area contributed by atoms with Gasteiger partial charge in [0.15, 0.2) is 0 Å². The Labute approximate surface area is 95.0 Å². The lowest BCUT2D eigenvalue weighted by Gasteiger charge is -2.43. The van der Waals surface area contributed by atoms with E-state index in [0.717, 1.165) is 0 Å². The predicted octanol–water partition coefficient (Wildman–Crippen LogP) is 2.79. The summed E-state index contributed by atoms with van der Waals surface area (Å²) in [6, 6.07) is 0. The Morgan fingerprint density at radius 2 is 1.88 bits per heavy atom. The second kappa shape index (κ2) is 3.76. The maximum atomic E-state index is 13.4. The first-order valence-corrected chi connectivity index (χ1v) is 5.60. The number of aliphatic hydroxyl groups is 1. The van der Waals surface area contributed by atoms with Gasteiger partial charge < -0.3 is 5.11 Å². The molecular weight excluding hydrogens is 214 g/mol. The lowest BCUT2D eigenvalue weighted by Crippen LogP contribution is -2.52. The SMILES string of the molecule is CC(C)(C)C(=O)[C@@]1(C)CC(F)(F)CC[C@H]1O. The number of rotatable bonds is 1. The number of aliphatic hydroxyl groups excluding tert-OH is 1. The molecule has 0 aliphatic heterocycles. The third kappa shape index (κ3) is 2.42. The van der Waals surface area contributed by atoms with Crippen LogP contribution in [0.1, 0.15) is 47.0 Å². The number of ketones is 1. The minimum absolute atomic E-state index is 0.00861. The van der Waals surface area contributed by atoms with Gasteiger partial charge in [-0.05, 0) is 13.3 Å². The van der Waals surface area contributed by atoms with E-state index in [1.807, 2.05) is 0 Å². The van der Waals surface area contributed by atoms with Gasteiger partial charge >= 0.3 is 0 Å². The first-order valence-electron chi connectivity index (χ1n) is 5.60. The van der Waals surface area contributed by atoms with Crippen LogP contribution >= 0.6 is 0 Å². The first kappa shape index (κ1) is 13.6. The molecule has 4 heteroatoms. The topological polar surface area (TPSA) is 37.3 Å². The van der Waals surface area contributed by atoms with Crippen molar-refractivity contribution in [1.82, 2.24) is 0 Å². The molecule has 0 spiro atoms. The molecule has 16 heavy (non-hydrogen) atoms. The van der Waals surface area contributed by atoms with E-state index in [0.29, 0.717) is 0 Å². The number of carbonyl (C=O) groups is 1. The molecular formula is C12H20F2O2. The van der Waals surface area contributed by atoms with Gasteiger partial charge in [0, 0.05) is 18.3 Å². The highest BCUT2D eigenvalue weighted by Crippen LogP contribution is 2.47. The molecule has 1 rings (SSSR count). The van der Waals surface area contributed by atoms with Crippen molar-refractivity contribution in [3.63, 3.8) is 0 Å². The monoisotopic (exact) mass is 234 g/mol.